The predicted molar refractivity (Wildman–Crippen MR) is 78.7 cm³/mol. The molecule has 1 aliphatic rings. The van der Waals surface area contributed by atoms with Crippen LogP contribution in [0.25, 0.3) is 0 Å². The number of halogens is 1. The third-order valence-electron chi connectivity index (χ3n) is 3.60. The van der Waals surface area contributed by atoms with Crippen molar-refractivity contribution in [3.8, 4) is 11.8 Å². The Morgan fingerprint density at radius 2 is 1.90 bits per heavy atom. The Balaban J connectivity index is 2.04. The fourth-order valence-electron chi connectivity index (χ4n) is 2.53. The molecule has 1 N–H and O–H groups in total. The van der Waals surface area contributed by atoms with E-state index in [1.807, 2.05) is 12.1 Å². The van der Waals surface area contributed by atoms with Crippen molar-refractivity contribution in [3.05, 3.63) is 35.1 Å². The van der Waals surface area contributed by atoms with Gasteiger partial charge in [-0.05, 0) is 43.6 Å². The van der Waals surface area contributed by atoms with E-state index >= 15 is 0 Å². The summed E-state index contributed by atoms with van der Waals surface area (Å²) in [5, 5.41) is 8.71. The summed E-state index contributed by atoms with van der Waals surface area (Å²) < 4.78 is 13.7. The predicted octanol–water partition coefficient (Wildman–Crippen LogP) is 2.94. The molecule has 0 aliphatic carbocycles. The lowest BCUT2D eigenvalue weighted by atomic mass is 10.1. The van der Waals surface area contributed by atoms with Gasteiger partial charge in [0, 0.05) is 13.0 Å². The summed E-state index contributed by atoms with van der Waals surface area (Å²) in [7, 11) is 0. The largest absolute Gasteiger partial charge is 0.395 e. The van der Waals surface area contributed by atoms with E-state index in [4.69, 9.17) is 5.11 Å². The van der Waals surface area contributed by atoms with Crippen molar-refractivity contribution in [1.82, 2.24) is 4.90 Å². The molecular weight excluding hydrogens is 253 g/mol. The normalized spacial score (nSPS) is 16.3. The average Bonchev–Trinajstić information content (AvgIpc) is 2.71. The monoisotopic (exact) mass is 275 g/mol. The summed E-state index contributed by atoms with van der Waals surface area (Å²) in [5.74, 6) is 5.30. The van der Waals surface area contributed by atoms with Gasteiger partial charge in [-0.3, -0.25) is 4.90 Å². The van der Waals surface area contributed by atoms with Crippen molar-refractivity contribution in [2.45, 2.75) is 38.6 Å². The van der Waals surface area contributed by atoms with Crippen LogP contribution in [0.4, 0.5) is 4.39 Å². The van der Waals surface area contributed by atoms with Crippen LogP contribution in [0.2, 0.25) is 0 Å². The molecule has 108 valence electrons. The van der Waals surface area contributed by atoms with Crippen LogP contribution in [0.1, 0.15) is 43.2 Å². The number of aliphatic hydroxyl groups excluding tert-OH is 1. The molecule has 0 spiro atoms. The fourth-order valence-corrected chi connectivity index (χ4v) is 2.53. The van der Waals surface area contributed by atoms with Crippen molar-refractivity contribution in [1.29, 1.82) is 0 Å². The second kappa shape index (κ2) is 8.04. The molecule has 0 unspecified atom stereocenters. The highest BCUT2D eigenvalue weighted by atomic mass is 19.1. The smallest absolute Gasteiger partial charge is 0.138 e. The molecule has 1 saturated heterocycles. The molecule has 0 amide bonds. The van der Waals surface area contributed by atoms with E-state index in [2.05, 4.69) is 16.7 Å². The van der Waals surface area contributed by atoms with E-state index in [0.717, 1.165) is 25.2 Å². The lowest BCUT2D eigenvalue weighted by Crippen LogP contribution is -2.24. The van der Waals surface area contributed by atoms with Gasteiger partial charge in [0.05, 0.1) is 12.2 Å². The lowest BCUT2D eigenvalue weighted by molar-refractivity contribution is 0.277. The van der Waals surface area contributed by atoms with E-state index in [0.29, 0.717) is 12.0 Å². The van der Waals surface area contributed by atoms with Crippen LogP contribution in [0.3, 0.4) is 0 Å². The van der Waals surface area contributed by atoms with Crippen LogP contribution in [-0.2, 0) is 6.54 Å². The van der Waals surface area contributed by atoms with Gasteiger partial charge in [0.25, 0.3) is 0 Å². The number of likely N-dealkylation sites (tertiary alicyclic amines) is 1. The zero-order valence-electron chi connectivity index (χ0n) is 11.9. The van der Waals surface area contributed by atoms with Gasteiger partial charge in [0.1, 0.15) is 5.82 Å². The number of aliphatic hydroxyl groups is 1. The van der Waals surface area contributed by atoms with Gasteiger partial charge in [-0.25, -0.2) is 4.39 Å². The van der Waals surface area contributed by atoms with E-state index in [1.165, 1.54) is 31.7 Å². The standard InChI is InChI=1S/C17H22FNO/c18-17-9-8-15(13-16(17)7-3-6-12-20)14-19-10-4-1-2-5-11-19/h8-9,13,20H,1-2,4-6,10-12,14H2. The molecule has 2 rings (SSSR count). The van der Waals surface area contributed by atoms with Crippen LogP contribution >= 0.6 is 0 Å². The van der Waals surface area contributed by atoms with Gasteiger partial charge in [-0.1, -0.05) is 30.7 Å². The maximum atomic E-state index is 13.7. The first kappa shape index (κ1) is 15.0. The maximum absolute atomic E-state index is 13.7. The van der Waals surface area contributed by atoms with Crippen LogP contribution in [-0.4, -0.2) is 29.7 Å². The molecule has 1 fully saturated rings. The Morgan fingerprint density at radius 1 is 1.15 bits per heavy atom. The van der Waals surface area contributed by atoms with Gasteiger partial charge >= 0.3 is 0 Å². The summed E-state index contributed by atoms with van der Waals surface area (Å²) in [6.45, 7) is 3.14. The van der Waals surface area contributed by atoms with E-state index in [9.17, 15) is 4.39 Å². The van der Waals surface area contributed by atoms with Gasteiger partial charge in [-0.15, -0.1) is 0 Å². The van der Waals surface area contributed by atoms with Gasteiger partial charge in [0.2, 0.25) is 0 Å². The maximum Gasteiger partial charge on any atom is 0.138 e. The van der Waals surface area contributed by atoms with Gasteiger partial charge in [0.15, 0.2) is 0 Å². The summed E-state index contributed by atoms with van der Waals surface area (Å²) in [4.78, 5) is 2.44. The van der Waals surface area contributed by atoms with E-state index in [1.54, 1.807) is 0 Å². The Morgan fingerprint density at radius 3 is 2.60 bits per heavy atom. The summed E-state index contributed by atoms with van der Waals surface area (Å²) in [5.41, 5.74) is 1.55. The first-order chi connectivity index (χ1) is 9.79. The molecule has 0 aromatic heterocycles. The van der Waals surface area contributed by atoms with Crippen molar-refractivity contribution in [3.63, 3.8) is 0 Å². The molecule has 3 heteroatoms. The number of benzene rings is 1. The third kappa shape index (κ3) is 4.63. The number of hydrogen-bond donors (Lipinski definition) is 1. The summed E-state index contributed by atoms with van der Waals surface area (Å²) in [6.07, 6.45) is 5.53. The van der Waals surface area contributed by atoms with E-state index in [-0.39, 0.29) is 12.4 Å². The molecule has 0 atom stereocenters. The second-order valence-electron chi connectivity index (χ2n) is 5.28. The minimum atomic E-state index is -0.282. The van der Waals surface area contributed by atoms with Crippen molar-refractivity contribution in [2.24, 2.45) is 0 Å². The quantitative estimate of drug-likeness (QED) is 0.857. The van der Waals surface area contributed by atoms with Crippen LogP contribution in [0.5, 0.6) is 0 Å². The average molecular weight is 275 g/mol. The Bertz CT molecular complexity index is 481. The van der Waals surface area contributed by atoms with Crippen LogP contribution in [0.15, 0.2) is 18.2 Å². The number of hydrogen-bond acceptors (Lipinski definition) is 2. The minimum Gasteiger partial charge on any atom is -0.395 e. The number of rotatable bonds is 3. The highest BCUT2D eigenvalue weighted by molar-refractivity contribution is 5.38. The molecule has 1 aromatic carbocycles. The molecule has 1 aromatic rings. The highest BCUT2D eigenvalue weighted by Gasteiger charge is 2.10. The first-order valence-electron chi connectivity index (χ1n) is 7.40. The molecule has 0 radical (unpaired) electrons. The molecule has 1 aliphatic heterocycles. The Labute approximate surface area is 120 Å². The highest BCUT2D eigenvalue weighted by Crippen LogP contribution is 2.15. The Hall–Kier alpha value is -1.37. The second-order valence-corrected chi connectivity index (χ2v) is 5.28. The molecule has 2 nitrogen and oxygen atoms in total. The van der Waals surface area contributed by atoms with Crippen LogP contribution in [0, 0.1) is 17.7 Å². The van der Waals surface area contributed by atoms with Gasteiger partial charge in [-0.2, -0.15) is 0 Å². The van der Waals surface area contributed by atoms with Crippen molar-refractivity contribution < 1.29 is 9.50 Å². The zero-order chi connectivity index (χ0) is 14.2. The molecule has 1 heterocycles. The molecule has 20 heavy (non-hydrogen) atoms. The van der Waals surface area contributed by atoms with E-state index < -0.39 is 0 Å². The zero-order valence-corrected chi connectivity index (χ0v) is 11.9. The summed E-state index contributed by atoms with van der Waals surface area (Å²) in [6, 6.07) is 5.18. The van der Waals surface area contributed by atoms with Gasteiger partial charge < -0.3 is 5.11 Å². The third-order valence-corrected chi connectivity index (χ3v) is 3.60. The Kier molecular flexibility index (Phi) is 6.04. The van der Waals surface area contributed by atoms with Crippen LogP contribution < -0.4 is 0 Å². The SMILES string of the molecule is OCCC#Cc1cc(CN2CCCCCC2)ccc1F. The minimum absolute atomic E-state index is 0.0160. The first-order valence-corrected chi connectivity index (χ1v) is 7.40. The van der Waals surface area contributed by atoms with Crippen molar-refractivity contribution in [2.75, 3.05) is 19.7 Å². The fraction of sp³-hybridized carbons (Fsp3) is 0.529. The topological polar surface area (TPSA) is 23.5 Å². The molecule has 0 saturated carbocycles. The summed E-state index contributed by atoms with van der Waals surface area (Å²) >= 11 is 0. The molecular formula is C17H22FNO. The lowest BCUT2D eigenvalue weighted by Gasteiger charge is -2.19. The molecule has 0 bridgehead atoms. The van der Waals surface area contributed by atoms with Crippen molar-refractivity contribution >= 4 is 0 Å². The number of nitrogens with zero attached hydrogens (tertiary/aromatic N) is 1.